The van der Waals surface area contributed by atoms with Crippen LogP contribution in [0.5, 0.6) is 11.5 Å². The lowest BCUT2D eigenvalue weighted by molar-refractivity contribution is 0.0691. The van der Waals surface area contributed by atoms with Gasteiger partial charge in [-0.25, -0.2) is 0 Å². The molecule has 33 heavy (non-hydrogen) atoms. The molecule has 1 unspecified atom stereocenters. The second-order valence-electron chi connectivity index (χ2n) is 8.24. The number of aryl methyl sites for hydroxylation is 2. The molecule has 1 amide bonds. The highest BCUT2D eigenvalue weighted by Crippen LogP contribution is 2.41. The maximum Gasteiger partial charge on any atom is 0.290 e. The van der Waals surface area contributed by atoms with Crippen molar-refractivity contribution in [3.63, 3.8) is 0 Å². The van der Waals surface area contributed by atoms with Crippen LogP contribution < -0.4 is 14.9 Å². The van der Waals surface area contributed by atoms with Gasteiger partial charge < -0.3 is 23.9 Å². The molecular weight excluding hydrogens is 422 g/mol. The van der Waals surface area contributed by atoms with Crippen LogP contribution in [0.3, 0.4) is 0 Å². The van der Waals surface area contributed by atoms with E-state index in [4.69, 9.17) is 13.9 Å². The standard InChI is InChI=1S/C26H29NO6/c1-5-11-32-19-8-7-17(14-20(19)31-6-2)22-21-23(29)18-13-15(3)12-16(4)24(18)33-25(21)26(30)27(22)9-10-28/h7-8,12-14,22,28H,5-6,9-11H2,1-4H3. The first kappa shape index (κ1) is 22.9. The van der Waals surface area contributed by atoms with Crippen molar-refractivity contribution in [1.29, 1.82) is 0 Å². The van der Waals surface area contributed by atoms with Crippen molar-refractivity contribution < 1.29 is 23.8 Å². The van der Waals surface area contributed by atoms with Gasteiger partial charge in [0.25, 0.3) is 5.91 Å². The molecule has 4 rings (SSSR count). The molecule has 1 aromatic heterocycles. The van der Waals surface area contributed by atoms with Crippen LogP contribution in [0.25, 0.3) is 11.0 Å². The second kappa shape index (κ2) is 9.27. The number of ether oxygens (including phenoxy) is 2. The third kappa shape index (κ3) is 3.97. The van der Waals surface area contributed by atoms with Crippen molar-refractivity contribution in [2.24, 2.45) is 0 Å². The quantitative estimate of drug-likeness (QED) is 0.554. The lowest BCUT2D eigenvalue weighted by atomic mass is 9.97. The Balaban J connectivity index is 1.93. The molecule has 3 aromatic rings. The van der Waals surface area contributed by atoms with Crippen LogP contribution >= 0.6 is 0 Å². The first-order valence-corrected chi connectivity index (χ1v) is 11.3. The summed E-state index contributed by atoms with van der Waals surface area (Å²) >= 11 is 0. The number of amides is 1. The van der Waals surface area contributed by atoms with Crippen LogP contribution in [0.15, 0.2) is 39.5 Å². The fourth-order valence-electron chi connectivity index (χ4n) is 4.45. The van der Waals surface area contributed by atoms with E-state index in [1.54, 1.807) is 18.2 Å². The SMILES string of the molecule is CCCOc1ccc(C2c3c(oc4c(C)cc(C)cc4c3=O)C(=O)N2CCO)cc1OCC. The molecule has 0 fully saturated rings. The highest BCUT2D eigenvalue weighted by Gasteiger charge is 2.42. The largest absolute Gasteiger partial charge is 0.490 e. The van der Waals surface area contributed by atoms with E-state index in [9.17, 15) is 14.7 Å². The summed E-state index contributed by atoms with van der Waals surface area (Å²) in [6, 6.07) is 8.45. The van der Waals surface area contributed by atoms with Gasteiger partial charge in [-0.15, -0.1) is 0 Å². The molecule has 174 valence electrons. The Morgan fingerprint density at radius 2 is 1.85 bits per heavy atom. The number of benzene rings is 2. The third-order valence-electron chi connectivity index (χ3n) is 5.78. The topological polar surface area (TPSA) is 89.2 Å². The monoisotopic (exact) mass is 451 g/mol. The smallest absolute Gasteiger partial charge is 0.290 e. The molecule has 0 saturated carbocycles. The second-order valence-corrected chi connectivity index (χ2v) is 8.24. The van der Waals surface area contributed by atoms with Gasteiger partial charge in [-0.3, -0.25) is 9.59 Å². The zero-order chi connectivity index (χ0) is 23.7. The summed E-state index contributed by atoms with van der Waals surface area (Å²) < 4.78 is 17.6. The van der Waals surface area contributed by atoms with Crippen molar-refractivity contribution >= 4 is 16.9 Å². The number of carbonyl (C=O) groups is 1. The van der Waals surface area contributed by atoms with Gasteiger partial charge in [0, 0.05) is 6.54 Å². The normalized spacial score (nSPS) is 15.2. The van der Waals surface area contributed by atoms with Gasteiger partial charge in [-0.05, 0) is 62.1 Å². The van der Waals surface area contributed by atoms with Crippen molar-refractivity contribution in [2.75, 3.05) is 26.4 Å². The van der Waals surface area contributed by atoms with E-state index in [2.05, 4.69) is 0 Å². The number of aliphatic hydroxyl groups excluding tert-OH is 1. The lowest BCUT2D eigenvalue weighted by Gasteiger charge is -2.25. The van der Waals surface area contributed by atoms with Crippen molar-refractivity contribution in [2.45, 2.75) is 40.2 Å². The van der Waals surface area contributed by atoms with Gasteiger partial charge in [0.1, 0.15) is 5.58 Å². The van der Waals surface area contributed by atoms with Crippen molar-refractivity contribution in [1.82, 2.24) is 4.90 Å². The molecular formula is C26H29NO6. The number of β-amino-alcohol motifs (C(OH)–C–C–N with tert-alkyl or cyclic N) is 1. The first-order valence-electron chi connectivity index (χ1n) is 11.3. The van der Waals surface area contributed by atoms with Gasteiger partial charge in [0.2, 0.25) is 5.76 Å². The Labute approximate surface area is 192 Å². The Bertz CT molecular complexity index is 1260. The fraction of sp³-hybridized carbons (Fsp3) is 0.385. The lowest BCUT2D eigenvalue weighted by Crippen LogP contribution is -2.32. The van der Waals surface area contributed by atoms with Gasteiger partial charge >= 0.3 is 0 Å². The molecule has 7 heteroatoms. The Kier molecular flexibility index (Phi) is 6.42. The van der Waals surface area contributed by atoms with E-state index in [1.807, 2.05) is 39.8 Å². The van der Waals surface area contributed by atoms with E-state index in [-0.39, 0.29) is 29.9 Å². The molecule has 2 heterocycles. The van der Waals surface area contributed by atoms with Gasteiger partial charge in [-0.2, -0.15) is 0 Å². The number of fused-ring (bicyclic) bond motifs is 2. The minimum atomic E-state index is -0.694. The van der Waals surface area contributed by atoms with E-state index < -0.39 is 11.9 Å². The zero-order valence-corrected chi connectivity index (χ0v) is 19.4. The highest BCUT2D eigenvalue weighted by molar-refractivity contribution is 5.99. The summed E-state index contributed by atoms with van der Waals surface area (Å²) in [7, 11) is 0. The van der Waals surface area contributed by atoms with Crippen LogP contribution in [0.1, 0.15) is 59.1 Å². The summed E-state index contributed by atoms with van der Waals surface area (Å²) in [4.78, 5) is 28.4. The summed E-state index contributed by atoms with van der Waals surface area (Å²) in [5.41, 5.74) is 2.90. The maximum atomic E-state index is 13.7. The van der Waals surface area contributed by atoms with Crippen molar-refractivity contribution in [3.05, 3.63) is 68.6 Å². The molecule has 0 radical (unpaired) electrons. The number of aliphatic hydroxyl groups is 1. The van der Waals surface area contributed by atoms with Crippen LogP contribution in [0.2, 0.25) is 0 Å². The Morgan fingerprint density at radius 3 is 2.55 bits per heavy atom. The third-order valence-corrected chi connectivity index (χ3v) is 5.78. The molecule has 1 atom stereocenters. The van der Waals surface area contributed by atoms with Crippen LogP contribution in [-0.2, 0) is 0 Å². The van der Waals surface area contributed by atoms with Crippen LogP contribution in [0, 0.1) is 13.8 Å². The minimum Gasteiger partial charge on any atom is -0.490 e. The minimum absolute atomic E-state index is 0.0298. The van der Waals surface area contributed by atoms with Gasteiger partial charge in [0.05, 0.1) is 36.8 Å². The zero-order valence-electron chi connectivity index (χ0n) is 19.4. The summed E-state index contributed by atoms with van der Waals surface area (Å²) in [5, 5.41) is 10.1. The highest BCUT2D eigenvalue weighted by atomic mass is 16.5. The number of hydrogen-bond acceptors (Lipinski definition) is 6. The fourth-order valence-corrected chi connectivity index (χ4v) is 4.45. The number of rotatable bonds is 8. The number of hydrogen-bond donors (Lipinski definition) is 1. The van der Waals surface area contributed by atoms with Crippen LogP contribution in [0.4, 0.5) is 0 Å². The molecule has 7 nitrogen and oxygen atoms in total. The Morgan fingerprint density at radius 1 is 1.06 bits per heavy atom. The molecule has 0 bridgehead atoms. The molecule has 1 aliphatic rings. The predicted molar refractivity (Wildman–Crippen MR) is 125 cm³/mol. The molecule has 0 saturated heterocycles. The number of nitrogens with zero attached hydrogens (tertiary/aromatic N) is 1. The summed E-state index contributed by atoms with van der Waals surface area (Å²) in [5.74, 6) is 0.775. The van der Waals surface area contributed by atoms with Gasteiger partial charge in [-0.1, -0.05) is 19.1 Å². The van der Waals surface area contributed by atoms with E-state index in [0.29, 0.717) is 41.2 Å². The van der Waals surface area contributed by atoms with Crippen molar-refractivity contribution in [3.8, 4) is 11.5 Å². The first-order chi connectivity index (χ1) is 15.9. The van der Waals surface area contributed by atoms with Crippen LogP contribution in [-0.4, -0.2) is 42.3 Å². The average Bonchev–Trinajstić information content (AvgIpc) is 3.06. The molecule has 1 N–H and O–H groups in total. The maximum absolute atomic E-state index is 13.7. The molecule has 1 aliphatic heterocycles. The van der Waals surface area contributed by atoms with E-state index in [0.717, 1.165) is 17.5 Å². The predicted octanol–water partition coefficient (Wildman–Crippen LogP) is 4.13. The molecule has 0 spiro atoms. The molecule has 2 aromatic carbocycles. The van der Waals surface area contributed by atoms with Gasteiger partial charge in [0.15, 0.2) is 16.9 Å². The van der Waals surface area contributed by atoms with E-state index in [1.165, 1.54) is 4.90 Å². The number of carbonyl (C=O) groups excluding carboxylic acids is 1. The summed E-state index contributed by atoms with van der Waals surface area (Å²) in [6.45, 7) is 8.51. The summed E-state index contributed by atoms with van der Waals surface area (Å²) in [6.07, 6.45) is 0.856. The Hall–Kier alpha value is -3.32. The average molecular weight is 452 g/mol. The molecule has 0 aliphatic carbocycles. The van der Waals surface area contributed by atoms with E-state index >= 15 is 0 Å².